The van der Waals surface area contributed by atoms with E-state index >= 15 is 0 Å². The summed E-state index contributed by atoms with van der Waals surface area (Å²) >= 11 is 0. The molecule has 122 valence electrons. The molecule has 1 saturated carbocycles. The lowest BCUT2D eigenvalue weighted by molar-refractivity contribution is 0.388. The summed E-state index contributed by atoms with van der Waals surface area (Å²) in [5.41, 5.74) is 15.1. The summed E-state index contributed by atoms with van der Waals surface area (Å²) in [6, 6.07) is 8.37. The molecule has 4 N–H and O–H groups in total. The molecule has 1 heterocycles. The molecular formula is C18H24N4O. The highest BCUT2D eigenvalue weighted by atomic mass is 16.5. The number of rotatable bonds is 3. The largest absolute Gasteiger partial charge is 0.497 e. The van der Waals surface area contributed by atoms with Gasteiger partial charge in [0.2, 0.25) is 5.95 Å². The van der Waals surface area contributed by atoms with Crippen LogP contribution in [0, 0.1) is 6.92 Å². The average Bonchev–Trinajstić information content (AvgIpc) is 2.54. The highest BCUT2D eigenvalue weighted by Gasteiger charge is 2.28. The molecule has 3 rings (SSSR count). The fourth-order valence-corrected chi connectivity index (χ4v) is 3.78. The summed E-state index contributed by atoms with van der Waals surface area (Å²) in [4.78, 5) is 8.46. The maximum absolute atomic E-state index is 6.13. The van der Waals surface area contributed by atoms with Crippen molar-refractivity contribution in [1.82, 2.24) is 9.97 Å². The Hall–Kier alpha value is -2.30. The van der Waals surface area contributed by atoms with E-state index in [0.717, 1.165) is 29.8 Å². The minimum absolute atomic E-state index is 0.254. The highest BCUT2D eigenvalue weighted by Crippen LogP contribution is 2.43. The van der Waals surface area contributed by atoms with Crippen molar-refractivity contribution in [3.05, 3.63) is 41.1 Å². The number of methoxy groups -OCH3 is 1. The second-order valence-corrected chi connectivity index (χ2v) is 6.30. The summed E-state index contributed by atoms with van der Waals surface area (Å²) in [5, 5.41) is 0. The van der Waals surface area contributed by atoms with Crippen LogP contribution in [-0.4, -0.2) is 17.1 Å². The second-order valence-electron chi connectivity index (χ2n) is 6.30. The van der Waals surface area contributed by atoms with Gasteiger partial charge in [0.1, 0.15) is 11.6 Å². The van der Waals surface area contributed by atoms with Crippen LogP contribution in [0.3, 0.4) is 0 Å². The maximum Gasteiger partial charge on any atom is 0.222 e. The molecular weight excluding hydrogens is 288 g/mol. The summed E-state index contributed by atoms with van der Waals surface area (Å²) in [7, 11) is 1.71. The first-order chi connectivity index (χ1) is 11.1. The number of nitrogen functional groups attached to an aromatic ring is 2. The van der Waals surface area contributed by atoms with E-state index in [1.54, 1.807) is 7.11 Å². The third-order valence-electron chi connectivity index (χ3n) is 4.83. The minimum atomic E-state index is 0.254. The molecule has 1 aliphatic rings. The lowest BCUT2D eigenvalue weighted by Crippen LogP contribution is -2.17. The molecule has 0 aliphatic heterocycles. The molecule has 0 amide bonds. The first-order valence-corrected chi connectivity index (χ1v) is 8.12. The Morgan fingerprint density at radius 1 is 1.13 bits per heavy atom. The van der Waals surface area contributed by atoms with Crippen molar-refractivity contribution < 1.29 is 4.74 Å². The van der Waals surface area contributed by atoms with Gasteiger partial charge < -0.3 is 16.2 Å². The summed E-state index contributed by atoms with van der Waals surface area (Å²) in [5.74, 6) is 2.60. The Morgan fingerprint density at radius 2 is 1.91 bits per heavy atom. The molecule has 0 radical (unpaired) electrons. The predicted molar refractivity (Wildman–Crippen MR) is 92.5 cm³/mol. The molecule has 0 spiro atoms. The van der Waals surface area contributed by atoms with Crippen LogP contribution in [-0.2, 0) is 0 Å². The van der Waals surface area contributed by atoms with E-state index in [9.17, 15) is 0 Å². The number of aromatic nitrogens is 2. The topological polar surface area (TPSA) is 87.0 Å². The second kappa shape index (κ2) is 6.44. The molecule has 23 heavy (non-hydrogen) atoms. The van der Waals surface area contributed by atoms with E-state index in [2.05, 4.69) is 28.2 Å². The minimum Gasteiger partial charge on any atom is -0.497 e. The zero-order chi connectivity index (χ0) is 16.4. The number of benzene rings is 1. The fourth-order valence-electron chi connectivity index (χ4n) is 3.78. The lowest BCUT2D eigenvalue weighted by atomic mass is 9.75. The lowest BCUT2D eigenvalue weighted by Gasteiger charge is -2.31. The Balaban J connectivity index is 1.86. The molecule has 5 nitrogen and oxygen atoms in total. The van der Waals surface area contributed by atoms with Gasteiger partial charge in [-0.1, -0.05) is 18.6 Å². The molecule has 5 heteroatoms. The standard InChI is InChI=1S/C18H24N4O/c1-11-16(17(19)22-18(20)21-11)14-7-3-5-12(9-14)13-6-4-8-15(10-13)23-2/h4,6,8,10,12,14H,3,5,7,9H2,1-2H3,(H4,19,20,21,22). The van der Waals surface area contributed by atoms with Gasteiger partial charge in [0, 0.05) is 11.3 Å². The number of hydrogen-bond acceptors (Lipinski definition) is 5. The molecule has 1 aromatic heterocycles. The van der Waals surface area contributed by atoms with Crippen molar-refractivity contribution in [2.45, 2.75) is 44.4 Å². The van der Waals surface area contributed by atoms with E-state index in [1.807, 2.05) is 13.0 Å². The van der Waals surface area contributed by atoms with Crippen LogP contribution in [0.1, 0.15) is 54.3 Å². The third-order valence-corrected chi connectivity index (χ3v) is 4.83. The SMILES string of the molecule is COc1cccc(C2CCCC(c3c(C)nc(N)nc3N)C2)c1. The van der Waals surface area contributed by atoms with Crippen molar-refractivity contribution in [1.29, 1.82) is 0 Å². The van der Waals surface area contributed by atoms with Gasteiger partial charge in [-0.15, -0.1) is 0 Å². The zero-order valence-corrected chi connectivity index (χ0v) is 13.7. The first kappa shape index (κ1) is 15.6. The van der Waals surface area contributed by atoms with Crippen molar-refractivity contribution in [2.75, 3.05) is 18.6 Å². The van der Waals surface area contributed by atoms with Crippen molar-refractivity contribution in [3.8, 4) is 5.75 Å². The predicted octanol–water partition coefficient (Wildman–Crippen LogP) is 3.40. The van der Waals surface area contributed by atoms with Crippen LogP contribution >= 0.6 is 0 Å². The molecule has 2 unspecified atom stereocenters. The average molecular weight is 312 g/mol. The molecule has 2 aromatic rings. The molecule has 1 aliphatic carbocycles. The van der Waals surface area contributed by atoms with Gasteiger partial charge in [0.05, 0.1) is 7.11 Å². The summed E-state index contributed by atoms with van der Waals surface area (Å²) in [6.07, 6.45) is 4.55. The monoisotopic (exact) mass is 312 g/mol. The van der Waals surface area contributed by atoms with E-state index in [1.165, 1.54) is 18.4 Å². The van der Waals surface area contributed by atoms with Gasteiger partial charge >= 0.3 is 0 Å². The quantitative estimate of drug-likeness (QED) is 0.907. The summed E-state index contributed by atoms with van der Waals surface area (Å²) in [6.45, 7) is 1.97. The van der Waals surface area contributed by atoms with Crippen LogP contribution in [0.4, 0.5) is 11.8 Å². The zero-order valence-electron chi connectivity index (χ0n) is 13.7. The van der Waals surface area contributed by atoms with Gasteiger partial charge in [-0.2, -0.15) is 4.98 Å². The molecule has 1 fully saturated rings. The molecule has 0 bridgehead atoms. The third kappa shape index (κ3) is 3.23. The summed E-state index contributed by atoms with van der Waals surface area (Å²) < 4.78 is 5.35. The van der Waals surface area contributed by atoms with Crippen LogP contribution in [0.25, 0.3) is 0 Å². The Labute approximate surface area is 137 Å². The molecule has 1 aromatic carbocycles. The van der Waals surface area contributed by atoms with Crippen LogP contribution < -0.4 is 16.2 Å². The van der Waals surface area contributed by atoms with Gasteiger partial charge in [0.25, 0.3) is 0 Å². The normalized spacial score (nSPS) is 21.1. The smallest absolute Gasteiger partial charge is 0.222 e. The Morgan fingerprint density at radius 3 is 2.65 bits per heavy atom. The van der Waals surface area contributed by atoms with E-state index in [0.29, 0.717) is 17.7 Å². The van der Waals surface area contributed by atoms with Crippen molar-refractivity contribution in [3.63, 3.8) is 0 Å². The number of anilines is 2. The Kier molecular flexibility index (Phi) is 4.37. The first-order valence-electron chi connectivity index (χ1n) is 8.12. The van der Waals surface area contributed by atoms with E-state index in [4.69, 9.17) is 16.2 Å². The van der Waals surface area contributed by atoms with Crippen molar-refractivity contribution in [2.24, 2.45) is 0 Å². The van der Waals surface area contributed by atoms with Crippen molar-refractivity contribution >= 4 is 11.8 Å². The number of ether oxygens (including phenoxy) is 1. The number of hydrogen-bond donors (Lipinski definition) is 2. The number of aryl methyl sites for hydroxylation is 1. The van der Waals surface area contributed by atoms with Gasteiger partial charge in [-0.25, -0.2) is 4.98 Å². The van der Waals surface area contributed by atoms with Gasteiger partial charge in [-0.3, -0.25) is 0 Å². The van der Waals surface area contributed by atoms with Crippen LogP contribution in [0.15, 0.2) is 24.3 Å². The van der Waals surface area contributed by atoms with Crippen LogP contribution in [0.2, 0.25) is 0 Å². The fraction of sp³-hybridized carbons (Fsp3) is 0.444. The highest BCUT2D eigenvalue weighted by molar-refractivity contribution is 5.48. The molecule has 0 saturated heterocycles. The molecule has 2 atom stereocenters. The number of nitrogens with two attached hydrogens (primary N) is 2. The van der Waals surface area contributed by atoms with Gasteiger partial charge in [0.15, 0.2) is 0 Å². The van der Waals surface area contributed by atoms with E-state index in [-0.39, 0.29) is 5.95 Å². The van der Waals surface area contributed by atoms with Crippen LogP contribution in [0.5, 0.6) is 5.75 Å². The van der Waals surface area contributed by atoms with Gasteiger partial charge in [-0.05, 0) is 55.7 Å². The van der Waals surface area contributed by atoms with E-state index < -0.39 is 0 Å². The Bertz CT molecular complexity index is 678. The maximum atomic E-state index is 6.13. The number of nitrogens with zero attached hydrogens (tertiary/aromatic N) is 2.